The van der Waals surface area contributed by atoms with Crippen molar-refractivity contribution in [3.63, 3.8) is 0 Å². The van der Waals surface area contributed by atoms with Crippen LogP contribution in [0.4, 0.5) is 0 Å². The van der Waals surface area contributed by atoms with Gasteiger partial charge in [0.1, 0.15) is 6.54 Å². The molecule has 1 aromatic heterocycles. The summed E-state index contributed by atoms with van der Waals surface area (Å²) in [4.78, 5) is 14.9. The summed E-state index contributed by atoms with van der Waals surface area (Å²) in [6.45, 7) is 1.90. The summed E-state index contributed by atoms with van der Waals surface area (Å²) in [5.74, 6) is 0.0426. The lowest BCUT2D eigenvalue weighted by Gasteiger charge is -2.31. The van der Waals surface area contributed by atoms with Crippen LogP contribution < -0.4 is 5.32 Å². The van der Waals surface area contributed by atoms with Crippen LogP contribution in [0.1, 0.15) is 43.2 Å². The lowest BCUT2D eigenvalue weighted by Crippen LogP contribution is -2.40. The molecule has 0 saturated heterocycles. The quantitative estimate of drug-likeness (QED) is 0.855. The number of nitrogens with zero attached hydrogens (tertiary/aromatic N) is 3. The molecule has 2 aliphatic carbocycles. The van der Waals surface area contributed by atoms with Crippen molar-refractivity contribution < 1.29 is 4.79 Å². The summed E-state index contributed by atoms with van der Waals surface area (Å²) >= 11 is 0. The maximum absolute atomic E-state index is 12.5. The van der Waals surface area contributed by atoms with E-state index in [9.17, 15) is 4.79 Å². The first-order valence-corrected chi connectivity index (χ1v) is 10.3. The van der Waals surface area contributed by atoms with Crippen molar-refractivity contribution in [3.8, 4) is 11.3 Å². The zero-order chi connectivity index (χ0) is 18.6. The lowest BCUT2D eigenvalue weighted by molar-refractivity contribution is -0.121. The van der Waals surface area contributed by atoms with E-state index in [2.05, 4.69) is 46.6 Å². The molecular formula is C22H30N4O. The Morgan fingerprint density at radius 1 is 1.19 bits per heavy atom. The van der Waals surface area contributed by atoms with E-state index in [1.807, 2.05) is 10.9 Å². The number of hydrogen-bond acceptors (Lipinski definition) is 3. The summed E-state index contributed by atoms with van der Waals surface area (Å²) in [5, 5.41) is 7.58. The molecular weight excluding hydrogens is 336 g/mol. The largest absolute Gasteiger partial charge is 0.353 e. The van der Waals surface area contributed by atoms with E-state index in [1.54, 1.807) is 0 Å². The molecule has 2 aromatic rings. The Kier molecular flexibility index (Phi) is 5.58. The number of aromatic nitrogens is 2. The van der Waals surface area contributed by atoms with Crippen LogP contribution in [0.2, 0.25) is 0 Å². The first kappa shape index (κ1) is 18.2. The Hall–Kier alpha value is -2.14. The third-order valence-corrected chi connectivity index (χ3v) is 6.13. The second-order valence-electron chi connectivity index (χ2n) is 7.96. The Morgan fingerprint density at radius 3 is 2.81 bits per heavy atom. The van der Waals surface area contributed by atoms with E-state index >= 15 is 0 Å². The standard InChI is InChI=1S/C22H30N4O/c1-25(19-8-3-2-4-9-19)14-13-23-21(27)16-26-22-18(15-24-26)12-11-17-7-5-6-10-20(17)22/h5-7,10,15,19H,2-4,8-9,11-14,16H2,1H3,(H,23,27). The van der Waals surface area contributed by atoms with Gasteiger partial charge in [-0.15, -0.1) is 0 Å². The second-order valence-corrected chi connectivity index (χ2v) is 7.96. The number of rotatable bonds is 6. The highest BCUT2D eigenvalue weighted by Gasteiger charge is 2.22. The van der Waals surface area contributed by atoms with E-state index in [0.717, 1.165) is 25.1 Å². The molecule has 1 N–H and O–H groups in total. The van der Waals surface area contributed by atoms with Crippen molar-refractivity contribution in [2.75, 3.05) is 20.1 Å². The van der Waals surface area contributed by atoms with Gasteiger partial charge in [0.2, 0.25) is 5.91 Å². The van der Waals surface area contributed by atoms with Crippen LogP contribution >= 0.6 is 0 Å². The predicted octanol–water partition coefficient (Wildman–Crippen LogP) is 3.03. The molecule has 1 amide bonds. The van der Waals surface area contributed by atoms with E-state index in [-0.39, 0.29) is 12.5 Å². The van der Waals surface area contributed by atoms with Gasteiger partial charge in [-0.05, 0) is 43.9 Å². The normalized spacial score (nSPS) is 16.8. The molecule has 27 heavy (non-hydrogen) atoms. The third kappa shape index (κ3) is 4.08. The number of nitrogens with one attached hydrogen (secondary N) is 1. The van der Waals surface area contributed by atoms with E-state index < -0.39 is 0 Å². The molecule has 1 aromatic carbocycles. The fraction of sp³-hybridized carbons (Fsp3) is 0.545. The van der Waals surface area contributed by atoms with Gasteiger partial charge in [-0.25, -0.2) is 0 Å². The number of amides is 1. The summed E-state index contributed by atoms with van der Waals surface area (Å²) in [6, 6.07) is 9.15. The van der Waals surface area contributed by atoms with Gasteiger partial charge in [0.05, 0.1) is 11.9 Å². The Morgan fingerprint density at radius 2 is 1.96 bits per heavy atom. The predicted molar refractivity (Wildman–Crippen MR) is 108 cm³/mol. The molecule has 0 unspecified atom stereocenters. The molecule has 5 nitrogen and oxygen atoms in total. The van der Waals surface area contributed by atoms with E-state index in [4.69, 9.17) is 0 Å². The highest BCUT2D eigenvalue weighted by atomic mass is 16.2. The Labute approximate surface area is 161 Å². The molecule has 0 bridgehead atoms. The van der Waals surface area contributed by atoms with Gasteiger partial charge < -0.3 is 10.2 Å². The first-order valence-electron chi connectivity index (χ1n) is 10.3. The average Bonchev–Trinajstić information content (AvgIpc) is 3.12. The Bertz CT molecular complexity index is 791. The van der Waals surface area contributed by atoms with Gasteiger partial charge in [-0.2, -0.15) is 5.10 Å². The molecule has 0 atom stereocenters. The second kappa shape index (κ2) is 8.26. The first-order chi connectivity index (χ1) is 13.2. The molecule has 2 aliphatic rings. The minimum absolute atomic E-state index is 0.0426. The number of hydrogen-bond donors (Lipinski definition) is 1. The van der Waals surface area contributed by atoms with Gasteiger partial charge in [-0.1, -0.05) is 43.5 Å². The monoisotopic (exact) mass is 366 g/mol. The van der Waals surface area contributed by atoms with Crippen LogP contribution in [-0.2, 0) is 24.2 Å². The van der Waals surface area contributed by atoms with Crippen LogP contribution in [0.5, 0.6) is 0 Å². The molecule has 1 heterocycles. The number of carbonyl (C=O) groups excluding carboxylic acids is 1. The molecule has 5 heteroatoms. The van der Waals surface area contributed by atoms with Crippen LogP contribution in [0.25, 0.3) is 11.3 Å². The molecule has 0 radical (unpaired) electrons. The maximum Gasteiger partial charge on any atom is 0.241 e. The van der Waals surface area contributed by atoms with Crippen molar-refractivity contribution in [1.82, 2.24) is 20.0 Å². The van der Waals surface area contributed by atoms with Gasteiger partial charge >= 0.3 is 0 Å². The number of likely N-dealkylation sites (N-methyl/N-ethyl adjacent to an activating group) is 1. The number of carbonyl (C=O) groups is 1. The smallest absolute Gasteiger partial charge is 0.241 e. The zero-order valence-corrected chi connectivity index (χ0v) is 16.3. The lowest BCUT2D eigenvalue weighted by atomic mass is 9.90. The van der Waals surface area contributed by atoms with Crippen molar-refractivity contribution in [2.45, 2.75) is 57.5 Å². The molecule has 144 valence electrons. The summed E-state index contributed by atoms with van der Waals surface area (Å²) in [6.07, 6.45) is 10.6. The van der Waals surface area contributed by atoms with Crippen LogP contribution in [-0.4, -0.2) is 46.8 Å². The fourth-order valence-corrected chi connectivity index (χ4v) is 4.55. The SMILES string of the molecule is CN(CCNC(=O)Cn1ncc2c1-c1ccccc1CC2)C1CCCCC1. The summed E-state index contributed by atoms with van der Waals surface area (Å²) < 4.78 is 1.87. The zero-order valence-electron chi connectivity index (χ0n) is 16.3. The third-order valence-electron chi connectivity index (χ3n) is 6.13. The highest BCUT2D eigenvalue weighted by Crippen LogP contribution is 2.33. The number of fused-ring (bicyclic) bond motifs is 3. The molecule has 0 aliphatic heterocycles. The molecule has 1 saturated carbocycles. The minimum Gasteiger partial charge on any atom is -0.353 e. The van der Waals surface area contributed by atoms with Crippen LogP contribution in [0.3, 0.4) is 0 Å². The summed E-state index contributed by atoms with van der Waals surface area (Å²) in [5.41, 5.74) is 4.94. The van der Waals surface area contributed by atoms with Gasteiger partial charge in [0.25, 0.3) is 0 Å². The minimum atomic E-state index is 0.0426. The van der Waals surface area contributed by atoms with Gasteiger partial charge in [0, 0.05) is 24.7 Å². The molecule has 0 spiro atoms. The summed E-state index contributed by atoms with van der Waals surface area (Å²) in [7, 11) is 2.18. The van der Waals surface area contributed by atoms with Crippen molar-refractivity contribution >= 4 is 5.91 Å². The van der Waals surface area contributed by atoms with Crippen LogP contribution in [0, 0.1) is 0 Å². The average molecular weight is 367 g/mol. The van der Waals surface area contributed by atoms with Gasteiger partial charge in [-0.3, -0.25) is 9.48 Å². The molecule has 4 rings (SSSR count). The Balaban J connectivity index is 1.33. The maximum atomic E-state index is 12.5. The van der Waals surface area contributed by atoms with E-state index in [0.29, 0.717) is 12.6 Å². The number of aryl methyl sites for hydroxylation is 2. The topological polar surface area (TPSA) is 50.2 Å². The van der Waals surface area contributed by atoms with E-state index in [1.165, 1.54) is 48.8 Å². The number of benzene rings is 1. The molecule has 1 fully saturated rings. The van der Waals surface area contributed by atoms with Crippen molar-refractivity contribution in [1.29, 1.82) is 0 Å². The highest BCUT2D eigenvalue weighted by molar-refractivity contribution is 5.77. The van der Waals surface area contributed by atoms with Gasteiger partial charge in [0.15, 0.2) is 0 Å². The van der Waals surface area contributed by atoms with Crippen molar-refractivity contribution in [2.24, 2.45) is 0 Å². The fourth-order valence-electron chi connectivity index (χ4n) is 4.55. The van der Waals surface area contributed by atoms with Crippen molar-refractivity contribution in [3.05, 3.63) is 41.6 Å². The van der Waals surface area contributed by atoms with Crippen LogP contribution in [0.15, 0.2) is 30.5 Å².